The fourth-order valence-corrected chi connectivity index (χ4v) is 1.93. The average molecular weight is 281 g/mol. The lowest BCUT2D eigenvalue weighted by Crippen LogP contribution is -2.16. The molecule has 1 rings (SSSR count). The smallest absolute Gasteiger partial charge is 0.161 e. The molecule has 4 nitrogen and oxygen atoms in total. The number of aliphatic hydroxyl groups is 1. The number of methoxy groups -OCH3 is 1. The number of aliphatic hydroxyl groups excluding tert-OH is 1. The molecule has 114 valence electrons. The van der Waals surface area contributed by atoms with Crippen LogP contribution in [0.1, 0.15) is 39.2 Å². The maximum atomic E-state index is 9.18. The molecule has 1 aromatic carbocycles. The molecule has 0 heterocycles. The van der Waals surface area contributed by atoms with Crippen LogP contribution in [0.25, 0.3) is 0 Å². The Balaban J connectivity index is 2.47. The molecule has 2 N–H and O–H groups in total. The van der Waals surface area contributed by atoms with E-state index < -0.39 is 0 Å². The van der Waals surface area contributed by atoms with Crippen LogP contribution in [-0.2, 0) is 6.54 Å². The molecule has 0 aromatic heterocycles. The summed E-state index contributed by atoms with van der Waals surface area (Å²) in [4.78, 5) is 0. The Morgan fingerprint density at radius 1 is 1.20 bits per heavy atom. The molecule has 0 aliphatic rings. The van der Waals surface area contributed by atoms with Gasteiger partial charge < -0.3 is 19.9 Å². The second-order valence-electron chi connectivity index (χ2n) is 5.32. The Bertz CT molecular complexity index is 391. The molecule has 0 aliphatic heterocycles. The zero-order chi connectivity index (χ0) is 15.0. The minimum absolute atomic E-state index is 0.133. The Hall–Kier alpha value is -1.26. The standard InChI is InChI=1S/C16H27NO3/c1-12(2)20-15-8-7-14(10-16(15)19-4)11-17-9-5-6-13(3)18/h7-8,10,12-13,17-18H,5-6,9,11H2,1-4H3. The van der Waals surface area contributed by atoms with Crippen LogP contribution in [0.4, 0.5) is 0 Å². The lowest BCUT2D eigenvalue weighted by molar-refractivity contribution is 0.181. The van der Waals surface area contributed by atoms with Crippen molar-refractivity contribution in [3.05, 3.63) is 23.8 Å². The van der Waals surface area contributed by atoms with Gasteiger partial charge >= 0.3 is 0 Å². The number of rotatable bonds is 9. The molecule has 0 fully saturated rings. The Morgan fingerprint density at radius 2 is 1.95 bits per heavy atom. The Kier molecular flexibility index (Phi) is 7.41. The number of nitrogens with one attached hydrogen (secondary N) is 1. The van der Waals surface area contributed by atoms with Gasteiger partial charge in [0.2, 0.25) is 0 Å². The van der Waals surface area contributed by atoms with Crippen molar-refractivity contribution >= 4 is 0 Å². The van der Waals surface area contributed by atoms with Crippen LogP contribution in [0.5, 0.6) is 11.5 Å². The number of benzene rings is 1. The largest absolute Gasteiger partial charge is 0.493 e. The van der Waals surface area contributed by atoms with E-state index in [9.17, 15) is 5.11 Å². The zero-order valence-corrected chi connectivity index (χ0v) is 13.0. The van der Waals surface area contributed by atoms with Gasteiger partial charge in [-0.25, -0.2) is 0 Å². The summed E-state index contributed by atoms with van der Waals surface area (Å²) in [6.07, 6.45) is 1.72. The summed E-state index contributed by atoms with van der Waals surface area (Å²) < 4.78 is 11.0. The van der Waals surface area contributed by atoms with E-state index in [2.05, 4.69) is 5.32 Å². The van der Waals surface area contributed by atoms with Gasteiger partial charge in [0.25, 0.3) is 0 Å². The van der Waals surface area contributed by atoms with Gasteiger partial charge in [0.05, 0.1) is 19.3 Å². The first kappa shape index (κ1) is 16.8. The van der Waals surface area contributed by atoms with E-state index in [4.69, 9.17) is 9.47 Å². The first-order valence-corrected chi connectivity index (χ1v) is 7.25. The molecule has 0 radical (unpaired) electrons. The lowest BCUT2D eigenvalue weighted by Gasteiger charge is -2.14. The van der Waals surface area contributed by atoms with E-state index in [1.807, 2.05) is 39.0 Å². The predicted octanol–water partition coefficient (Wildman–Crippen LogP) is 2.73. The highest BCUT2D eigenvalue weighted by Crippen LogP contribution is 2.28. The van der Waals surface area contributed by atoms with Crippen LogP contribution in [0.15, 0.2) is 18.2 Å². The van der Waals surface area contributed by atoms with Crippen LogP contribution < -0.4 is 14.8 Å². The Labute approximate surface area is 122 Å². The normalized spacial score (nSPS) is 12.5. The van der Waals surface area contributed by atoms with Gasteiger partial charge in [-0.15, -0.1) is 0 Å². The van der Waals surface area contributed by atoms with E-state index in [1.54, 1.807) is 7.11 Å². The predicted molar refractivity (Wildman–Crippen MR) is 81.4 cm³/mol. The first-order valence-electron chi connectivity index (χ1n) is 7.25. The molecular weight excluding hydrogens is 254 g/mol. The molecule has 0 bridgehead atoms. The second kappa shape index (κ2) is 8.82. The van der Waals surface area contributed by atoms with Crippen molar-refractivity contribution in [2.24, 2.45) is 0 Å². The van der Waals surface area contributed by atoms with Crippen LogP contribution in [0, 0.1) is 0 Å². The minimum atomic E-state index is -0.218. The monoisotopic (exact) mass is 281 g/mol. The third-order valence-electron chi connectivity index (χ3n) is 2.90. The number of hydrogen-bond acceptors (Lipinski definition) is 4. The third kappa shape index (κ3) is 6.26. The van der Waals surface area contributed by atoms with Gasteiger partial charge in [0.1, 0.15) is 0 Å². The maximum Gasteiger partial charge on any atom is 0.161 e. The van der Waals surface area contributed by atoms with Gasteiger partial charge in [-0.05, 0) is 57.9 Å². The summed E-state index contributed by atoms with van der Waals surface area (Å²) in [7, 11) is 1.66. The molecule has 0 saturated heterocycles. The van der Waals surface area contributed by atoms with Crippen molar-refractivity contribution in [1.29, 1.82) is 0 Å². The van der Waals surface area contributed by atoms with E-state index in [1.165, 1.54) is 0 Å². The van der Waals surface area contributed by atoms with E-state index in [0.29, 0.717) is 0 Å². The van der Waals surface area contributed by atoms with Crippen molar-refractivity contribution < 1.29 is 14.6 Å². The van der Waals surface area contributed by atoms with Crippen molar-refractivity contribution in [1.82, 2.24) is 5.32 Å². The highest BCUT2D eigenvalue weighted by Gasteiger charge is 2.07. The lowest BCUT2D eigenvalue weighted by atomic mass is 10.2. The molecule has 0 spiro atoms. The number of ether oxygens (including phenoxy) is 2. The van der Waals surface area contributed by atoms with Gasteiger partial charge in [-0.1, -0.05) is 6.07 Å². The van der Waals surface area contributed by atoms with E-state index in [0.717, 1.165) is 43.0 Å². The van der Waals surface area contributed by atoms with Crippen molar-refractivity contribution in [3.8, 4) is 11.5 Å². The van der Waals surface area contributed by atoms with Gasteiger partial charge in [0.15, 0.2) is 11.5 Å². The minimum Gasteiger partial charge on any atom is -0.493 e. The summed E-state index contributed by atoms with van der Waals surface area (Å²) in [6.45, 7) is 7.50. The average Bonchev–Trinajstić information content (AvgIpc) is 2.38. The second-order valence-corrected chi connectivity index (χ2v) is 5.32. The molecule has 20 heavy (non-hydrogen) atoms. The molecule has 1 unspecified atom stereocenters. The molecule has 0 amide bonds. The molecular formula is C16H27NO3. The van der Waals surface area contributed by atoms with Gasteiger partial charge in [-0.2, -0.15) is 0 Å². The van der Waals surface area contributed by atoms with Crippen molar-refractivity contribution in [3.63, 3.8) is 0 Å². The first-order chi connectivity index (χ1) is 9.52. The molecule has 4 heteroatoms. The maximum absolute atomic E-state index is 9.18. The zero-order valence-electron chi connectivity index (χ0n) is 13.0. The fraction of sp³-hybridized carbons (Fsp3) is 0.625. The highest BCUT2D eigenvalue weighted by atomic mass is 16.5. The topological polar surface area (TPSA) is 50.7 Å². The third-order valence-corrected chi connectivity index (χ3v) is 2.90. The summed E-state index contributed by atoms with van der Waals surface area (Å²) in [5.41, 5.74) is 1.16. The molecule has 1 aromatic rings. The summed E-state index contributed by atoms with van der Waals surface area (Å²) in [5, 5.41) is 12.5. The highest BCUT2D eigenvalue weighted by molar-refractivity contribution is 5.43. The molecule has 1 atom stereocenters. The number of hydrogen-bond donors (Lipinski definition) is 2. The SMILES string of the molecule is COc1cc(CNCCCC(C)O)ccc1OC(C)C. The van der Waals surface area contributed by atoms with Crippen LogP contribution >= 0.6 is 0 Å². The van der Waals surface area contributed by atoms with Gasteiger partial charge in [-0.3, -0.25) is 0 Å². The fourth-order valence-electron chi connectivity index (χ4n) is 1.93. The van der Waals surface area contributed by atoms with Crippen LogP contribution in [0.3, 0.4) is 0 Å². The van der Waals surface area contributed by atoms with Crippen molar-refractivity contribution in [2.45, 2.75) is 52.4 Å². The van der Waals surface area contributed by atoms with Crippen LogP contribution in [-0.4, -0.2) is 31.0 Å². The summed E-state index contributed by atoms with van der Waals surface area (Å²) in [5.74, 6) is 1.54. The quantitative estimate of drug-likeness (QED) is 0.683. The van der Waals surface area contributed by atoms with Crippen LogP contribution in [0.2, 0.25) is 0 Å². The molecule has 0 saturated carbocycles. The van der Waals surface area contributed by atoms with Gasteiger partial charge in [0, 0.05) is 6.54 Å². The summed E-state index contributed by atoms with van der Waals surface area (Å²) in [6, 6.07) is 5.99. The van der Waals surface area contributed by atoms with Crippen molar-refractivity contribution in [2.75, 3.05) is 13.7 Å². The Morgan fingerprint density at radius 3 is 2.55 bits per heavy atom. The van der Waals surface area contributed by atoms with E-state index in [-0.39, 0.29) is 12.2 Å². The van der Waals surface area contributed by atoms with E-state index >= 15 is 0 Å². The molecule has 0 aliphatic carbocycles. The summed E-state index contributed by atoms with van der Waals surface area (Å²) >= 11 is 0.